The van der Waals surface area contributed by atoms with E-state index in [1.807, 2.05) is 48.5 Å². The summed E-state index contributed by atoms with van der Waals surface area (Å²) in [7, 11) is -3.57. The quantitative estimate of drug-likeness (QED) is 0.321. The zero-order chi connectivity index (χ0) is 24.4. The van der Waals surface area contributed by atoms with Crippen molar-refractivity contribution in [2.75, 3.05) is 13.1 Å². The van der Waals surface area contributed by atoms with Gasteiger partial charge in [0.25, 0.3) is 0 Å². The fraction of sp³-hybridized carbons (Fsp3) is 0.296. The van der Waals surface area contributed by atoms with Gasteiger partial charge in [0.2, 0.25) is 10.0 Å². The second kappa shape index (κ2) is 10.0. The lowest BCUT2D eigenvalue weighted by molar-refractivity contribution is 0.244. The molecule has 0 amide bonds. The Labute approximate surface area is 211 Å². The van der Waals surface area contributed by atoms with Crippen molar-refractivity contribution < 1.29 is 13.2 Å². The number of piperidine rings is 1. The first kappa shape index (κ1) is 23.9. The molecule has 182 valence electrons. The third kappa shape index (κ3) is 5.08. The van der Waals surface area contributed by atoms with E-state index < -0.39 is 10.0 Å². The predicted octanol–water partition coefficient (Wildman–Crippen LogP) is 5.68. The van der Waals surface area contributed by atoms with Gasteiger partial charge in [-0.1, -0.05) is 48.0 Å². The van der Waals surface area contributed by atoms with Gasteiger partial charge < -0.3 is 9.30 Å². The van der Waals surface area contributed by atoms with Crippen molar-refractivity contribution in [3.05, 3.63) is 89.2 Å². The summed E-state index contributed by atoms with van der Waals surface area (Å²) in [5.74, 6) is 2.02. The van der Waals surface area contributed by atoms with E-state index in [1.165, 1.54) is 0 Å². The molecule has 5 rings (SSSR count). The second-order valence-corrected chi connectivity index (χ2v) is 11.3. The van der Waals surface area contributed by atoms with Gasteiger partial charge in [0.1, 0.15) is 18.2 Å². The largest absolute Gasteiger partial charge is 0.486 e. The summed E-state index contributed by atoms with van der Waals surface area (Å²) in [5, 5.41) is 0.432. The van der Waals surface area contributed by atoms with Gasteiger partial charge in [-0.05, 0) is 67.6 Å². The maximum absolute atomic E-state index is 13.3. The number of halogens is 1. The Bertz CT molecular complexity index is 1430. The van der Waals surface area contributed by atoms with Crippen molar-refractivity contribution in [1.29, 1.82) is 0 Å². The first-order valence-electron chi connectivity index (χ1n) is 11.8. The van der Waals surface area contributed by atoms with Crippen molar-refractivity contribution in [3.63, 3.8) is 0 Å². The third-order valence-electron chi connectivity index (χ3n) is 6.63. The molecule has 0 N–H and O–H groups in total. The summed E-state index contributed by atoms with van der Waals surface area (Å²) in [6.45, 7) is 3.93. The number of hydrogen-bond donors (Lipinski definition) is 0. The van der Waals surface area contributed by atoms with Crippen molar-refractivity contribution in [2.45, 2.75) is 37.8 Å². The summed E-state index contributed by atoms with van der Waals surface area (Å²) < 4.78 is 36.4. The average molecular weight is 510 g/mol. The van der Waals surface area contributed by atoms with E-state index in [1.54, 1.807) is 29.4 Å². The lowest BCUT2D eigenvalue weighted by atomic mass is 9.98. The highest BCUT2D eigenvalue weighted by Crippen LogP contribution is 2.29. The summed E-state index contributed by atoms with van der Waals surface area (Å²) in [6, 6.07) is 22.9. The molecule has 8 heteroatoms. The van der Waals surface area contributed by atoms with Crippen molar-refractivity contribution in [3.8, 4) is 5.75 Å². The third-order valence-corrected chi connectivity index (χ3v) is 8.90. The first-order valence-corrected chi connectivity index (χ1v) is 13.6. The second-order valence-electron chi connectivity index (χ2n) is 8.99. The van der Waals surface area contributed by atoms with Crippen LogP contribution in [-0.4, -0.2) is 35.4 Å². The summed E-state index contributed by atoms with van der Waals surface area (Å²) >= 11 is 6.09. The van der Waals surface area contributed by atoms with E-state index in [0.717, 1.165) is 42.0 Å². The highest BCUT2D eigenvalue weighted by Gasteiger charge is 2.31. The maximum Gasteiger partial charge on any atom is 0.243 e. The number of sulfonamides is 1. The Balaban J connectivity index is 1.31. The van der Waals surface area contributed by atoms with Gasteiger partial charge >= 0.3 is 0 Å². The number of aryl methyl sites for hydroxylation is 1. The molecule has 1 saturated heterocycles. The lowest BCUT2D eigenvalue weighted by Crippen LogP contribution is -2.39. The van der Waals surface area contributed by atoms with Crippen molar-refractivity contribution in [1.82, 2.24) is 13.9 Å². The molecular formula is C27H28ClN3O3S. The molecule has 0 radical (unpaired) electrons. The average Bonchev–Trinajstić information content (AvgIpc) is 3.22. The van der Waals surface area contributed by atoms with E-state index in [4.69, 9.17) is 21.3 Å². The predicted molar refractivity (Wildman–Crippen MR) is 138 cm³/mol. The van der Waals surface area contributed by atoms with Gasteiger partial charge in [-0.3, -0.25) is 0 Å². The molecule has 0 bridgehead atoms. The van der Waals surface area contributed by atoms with E-state index in [0.29, 0.717) is 41.1 Å². The SMILES string of the molecule is Cc1ccc(Cl)cc1S(=O)(=O)N1CCC(Cn2c(COc3ccccc3)nc3ccccc32)CC1. The number of hydrogen-bond acceptors (Lipinski definition) is 4. The van der Waals surface area contributed by atoms with Crippen LogP contribution in [0.15, 0.2) is 77.7 Å². The normalized spacial score (nSPS) is 15.5. The van der Waals surface area contributed by atoms with Crippen molar-refractivity contribution in [2.24, 2.45) is 5.92 Å². The highest BCUT2D eigenvalue weighted by molar-refractivity contribution is 7.89. The number of rotatable bonds is 7. The van der Waals surface area contributed by atoms with Gasteiger partial charge in [-0.15, -0.1) is 0 Å². The van der Waals surface area contributed by atoms with Gasteiger partial charge in [-0.2, -0.15) is 4.31 Å². The van der Waals surface area contributed by atoms with Crippen LogP contribution >= 0.6 is 11.6 Å². The Hall–Kier alpha value is -2.87. The minimum absolute atomic E-state index is 0.296. The minimum Gasteiger partial charge on any atom is -0.486 e. The number of nitrogens with zero attached hydrogens (tertiary/aromatic N) is 3. The number of ether oxygens (including phenoxy) is 1. The molecule has 1 aliphatic heterocycles. The molecule has 0 saturated carbocycles. The molecule has 4 aromatic rings. The zero-order valence-corrected chi connectivity index (χ0v) is 21.2. The molecule has 6 nitrogen and oxygen atoms in total. The smallest absolute Gasteiger partial charge is 0.243 e. The molecular weight excluding hydrogens is 482 g/mol. The van der Waals surface area contributed by atoms with Crippen LogP contribution in [-0.2, 0) is 23.2 Å². The molecule has 1 aliphatic rings. The lowest BCUT2D eigenvalue weighted by Gasteiger charge is -2.32. The van der Waals surface area contributed by atoms with Crippen LogP contribution in [0.1, 0.15) is 24.2 Å². The number of benzene rings is 3. The van der Waals surface area contributed by atoms with Gasteiger partial charge in [0.05, 0.1) is 15.9 Å². The van der Waals surface area contributed by atoms with Gasteiger partial charge in [-0.25, -0.2) is 13.4 Å². The van der Waals surface area contributed by atoms with Crippen LogP contribution in [0.5, 0.6) is 5.75 Å². The molecule has 0 atom stereocenters. The van der Waals surface area contributed by atoms with E-state index >= 15 is 0 Å². The molecule has 2 heterocycles. The van der Waals surface area contributed by atoms with E-state index in [9.17, 15) is 8.42 Å². The van der Waals surface area contributed by atoms with Crippen LogP contribution in [0.25, 0.3) is 11.0 Å². The monoisotopic (exact) mass is 509 g/mol. The Morgan fingerprint density at radius 1 is 1.00 bits per heavy atom. The molecule has 1 fully saturated rings. The van der Waals surface area contributed by atoms with Crippen LogP contribution < -0.4 is 4.74 Å². The molecule has 3 aromatic carbocycles. The Morgan fingerprint density at radius 2 is 1.71 bits per heavy atom. The maximum atomic E-state index is 13.3. The molecule has 0 unspecified atom stereocenters. The Morgan fingerprint density at radius 3 is 2.49 bits per heavy atom. The summed E-state index contributed by atoms with van der Waals surface area (Å²) in [4.78, 5) is 5.12. The summed E-state index contributed by atoms with van der Waals surface area (Å²) in [5.41, 5.74) is 2.73. The standard InChI is InChI=1S/C27H28ClN3O3S/c1-20-11-12-22(28)17-26(20)35(32,33)30-15-13-21(14-16-30)18-31-25-10-6-5-9-24(25)29-27(31)19-34-23-7-3-2-4-8-23/h2-12,17,21H,13-16,18-19H2,1H3. The number of para-hydroxylation sites is 3. The first-order chi connectivity index (χ1) is 16.9. The number of imidazole rings is 1. The molecule has 0 spiro atoms. The fourth-order valence-electron chi connectivity index (χ4n) is 4.69. The van der Waals surface area contributed by atoms with Crippen molar-refractivity contribution >= 4 is 32.7 Å². The minimum atomic E-state index is -3.57. The van der Waals surface area contributed by atoms with E-state index in [-0.39, 0.29) is 0 Å². The van der Waals surface area contributed by atoms with Crippen LogP contribution in [0.2, 0.25) is 5.02 Å². The summed E-state index contributed by atoms with van der Waals surface area (Å²) in [6.07, 6.45) is 1.56. The molecule has 35 heavy (non-hydrogen) atoms. The molecule has 0 aliphatic carbocycles. The highest BCUT2D eigenvalue weighted by atomic mass is 35.5. The van der Waals surface area contributed by atoms with Gasteiger partial charge in [0.15, 0.2) is 0 Å². The topological polar surface area (TPSA) is 64.4 Å². The Kier molecular flexibility index (Phi) is 6.82. The van der Waals surface area contributed by atoms with Crippen LogP contribution in [0.4, 0.5) is 0 Å². The fourth-order valence-corrected chi connectivity index (χ4v) is 6.64. The number of aromatic nitrogens is 2. The molecule has 1 aromatic heterocycles. The number of fused-ring (bicyclic) bond motifs is 1. The van der Waals surface area contributed by atoms with Crippen LogP contribution in [0, 0.1) is 12.8 Å². The van der Waals surface area contributed by atoms with Crippen LogP contribution in [0.3, 0.4) is 0 Å². The van der Waals surface area contributed by atoms with Gasteiger partial charge in [0, 0.05) is 24.7 Å². The zero-order valence-electron chi connectivity index (χ0n) is 19.6. The van der Waals surface area contributed by atoms with E-state index in [2.05, 4.69) is 10.6 Å².